The van der Waals surface area contributed by atoms with Crippen LogP contribution in [0.4, 0.5) is 0 Å². The zero-order chi connectivity index (χ0) is 13.6. The van der Waals surface area contributed by atoms with E-state index < -0.39 is 10.0 Å². The van der Waals surface area contributed by atoms with Gasteiger partial charge in [0.05, 0.1) is 10.5 Å². The van der Waals surface area contributed by atoms with E-state index in [1.807, 2.05) is 6.07 Å². The van der Waals surface area contributed by atoms with Crippen LogP contribution in [0.2, 0.25) is 0 Å². The van der Waals surface area contributed by atoms with Crippen LogP contribution in [-0.4, -0.2) is 28.2 Å². The monoisotopic (exact) mass is 268 g/mol. The fourth-order valence-corrected chi connectivity index (χ4v) is 2.91. The van der Waals surface area contributed by atoms with Gasteiger partial charge in [-0.15, -0.1) is 0 Å². The van der Waals surface area contributed by atoms with Gasteiger partial charge in [0.2, 0.25) is 10.0 Å². The van der Waals surface area contributed by atoms with Crippen molar-refractivity contribution in [3.63, 3.8) is 0 Å². The minimum atomic E-state index is -3.66. The van der Waals surface area contributed by atoms with E-state index in [9.17, 15) is 8.42 Å². The van der Waals surface area contributed by atoms with Crippen molar-refractivity contribution >= 4 is 10.0 Å². The molecule has 6 heteroatoms. The third kappa shape index (κ3) is 3.81. The van der Waals surface area contributed by atoms with Crippen molar-refractivity contribution in [3.8, 4) is 6.07 Å². The molecule has 0 bridgehead atoms. The van der Waals surface area contributed by atoms with Gasteiger partial charge < -0.3 is 4.74 Å². The lowest BCUT2D eigenvalue weighted by Gasteiger charge is -2.14. The first kappa shape index (κ1) is 14.6. The van der Waals surface area contributed by atoms with Crippen molar-refractivity contribution in [3.05, 3.63) is 29.8 Å². The van der Waals surface area contributed by atoms with Gasteiger partial charge in [0, 0.05) is 19.8 Å². The van der Waals surface area contributed by atoms with E-state index in [0.717, 1.165) is 0 Å². The fourth-order valence-electron chi connectivity index (χ4n) is 1.48. The van der Waals surface area contributed by atoms with Crippen LogP contribution in [0.15, 0.2) is 29.2 Å². The lowest BCUT2D eigenvalue weighted by atomic mass is 10.2. The molecule has 0 radical (unpaired) electrons. The number of nitrogens with one attached hydrogen (secondary N) is 1. The van der Waals surface area contributed by atoms with Crippen molar-refractivity contribution in [2.24, 2.45) is 0 Å². The van der Waals surface area contributed by atoms with Crippen molar-refractivity contribution in [1.29, 1.82) is 5.26 Å². The molecule has 1 unspecified atom stereocenters. The van der Waals surface area contributed by atoms with Crippen molar-refractivity contribution in [1.82, 2.24) is 4.72 Å². The van der Waals surface area contributed by atoms with Crippen LogP contribution in [0.25, 0.3) is 0 Å². The third-order valence-corrected chi connectivity index (χ3v) is 4.06. The Hall–Kier alpha value is -1.42. The normalized spacial score (nSPS) is 12.9. The van der Waals surface area contributed by atoms with E-state index >= 15 is 0 Å². The highest BCUT2D eigenvalue weighted by atomic mass is 32.2. The number of hydrogen-bond acceptors (Lipinski definition) is 4. The van der Waals surface area contributed by atoms with Gasteiger partial charge in [-0.25, -0.2) is 13.1 Å². The van der Waals surface area contributed by atoms with E-state index in [4.69, 9.17) is 10.00 Å². The molecule has 1 aromatic rings. The number of ether oxygens (including phenoxy) is 1. The summed E-state index contributed by atoms with van der Waals surface area (Å²) in [6.45, 7) is 2.23. The summed E-state index contributed by atoms with van der Waals surface area (Å²) in [4.78, 5) is 0.0109. The second kappa shape index (κ2) is 6.50. The predicted octanol–water partition coefficient (Wildman–Crippen LogP) is 1.26. The first-order valence-corrected chi connectivity index (χ1v) is 7.00. The van der Waals surface area contributed by atoms with Gasteiger partial charge in [-0.1, -0.05) is 12.1 Å². The van der Waals surface area contributed by atoms with Gasteiger partial charge in [-0.2, -0.15) is 5.26 Å². The Kier molecular flexibility index (Phi) is 5.28. The predicted molar refractivity (Wildman–Crippen MR) is 67.4 cm³/mol. The number of hydrogen-bond donors (Lipinski definition) is 1. The number of nitrogens with zero attached hydrogens (tertiary/aromatic N) is 1. The molecule has 0 saturated heterocycles. The Labute approximate surface area is 107 Å². The highest BCUT2D eigenvalue weighted by Crippen LogP contribution is 2.14. The quantitative estimate of drug-likeness (QED) is 0.842. The standard InChI is InChI=1S/C12H16N2O3S/c1-10(7-8-17-2)14-18(15,16)12-6-4-3-5-11(12)9-13/h3-6,10,14H,7-8H2,1-2H3. The molecule has 0 aromatic heterocycles. The lowest BCUT2D eigenvalue weighted by Crippen LogP contribution is -2.33. The smallest absolute Gasteiger partial charge is 0.242 e. The average Bonchev–Trinajstić information content (AvgIpc) is 2.35. The summed E-state index contributed by atoms with van der Waals surface area (Å²) in [7, 11) is -2.10. The van der Waals surface area contributed by atoms with E-state index in [0.29, 0.717) is 13.0 Å². The van der Waals surface area contributed by atoms with Crippen LogP contribution in [0, 0.1) is 11.3 Å². The van der Waals surface area contributed by atoms with Gasteiger partial charge >= 0.3 is 0 Å². The second-order valence-corrected chi connectivity index (χ2v) is 5.59. The van der Waals surface area contributed by atoms with Crippen LogP contribution < -0.4 is 4.72 Å². The zero-order valence-electron chi connectivity index (χ0n) is 10.4. The average molecular weight is 268 g/mol. The SMILES string of the molecule is COCCC(C)NS(=O)(=O)c1ccccc1C#N. The molecule has 1 atom stereocenters. The van der Waals surface area contributed by atoms with Crippen LogP contribution in [0.5, 0.6) is 0 Å². The Morgan fingerprint density at radius 1 is 1.44 bits per heavy atom. The number of benzene rings is 1. The maximum Gasteiger partial charge on any atom is 0.242 e. The summed E-state index contributed by atoms with van der Waals surface area (Å²) in [5.41, 5.74) is 0.143. The molecule has 18 heavy (non-hydrogen) atoms. The highest BCUT2D eigenvalue weighted by Gasteiger charge is 2.20. The third-order valence-electron chi connectivity index (χ3n) is 2.41. The summed E-state index contributed by atoms with van der Waals surface area (Å²) in [6.07, 6.45) is 0.574. The van der Waals surface area contributed by atoms with Gasteiger partial charge in [-0.3, -0.25) is 0 Å². The number of nitriles is 1. The topological polar surface area (TPSA) is 79.2 Å². The molecule has 0 saturated carbocycles. The first-order chi connectivity index (χ1) is 8.51. The summed E-state index contributed by atoms with van der Waals surface area (Å²) >= 11 is 0. The van der Waals surface area contributed by atoms with Crippen LogP contribution in [0.1, 0.15) is 18.9 Å². The largest absolute Gasteiger partial charge is 0.385 e. The maximum absolute atomic E-state index is 12.1. The van der Waals surface area contributed by atoms with Gasteiger partial charge in [-0.05, 0) is 25.5 Å². The minimum Gasteiger partial charge on any atom is -0.385 e. The Morgan fingerprint density at radius 3 is 2.72 bits per heavy atom. The summed E-state index contributed by atoms with van der Waals surface area (Å²) in [5.74, 6) is 0. The van der Waals surface area contributed by atoms with Gasteiger partial charge in [0.1, 0.15) is 6.07 Å². The van der Waals surface area contributed by atoms with Crippen LogP contribution in [-0.2, 0) is 14.8 Å². The Balaban J connectivity index is 2.90. The molecule has 0 aliphatic carbocycles. The van der Waals surface area contributed by atoms with E-state index in [2.05, 4.69) is 4.72 Å². The number of methoxy groups -OCH3 is 1. The Morgan fingerprint density at radius 2 is 2.11 bits per heavy atom. The maximum atomic E-state index is 12.1. The molecule has 5 nitrogen and oxygen atoms in total. The van der Waals surface area contributed by atoms with Crippen molar-refractivity contribution < 1.29 is 13.2 Å². The second-order valence-electron chi connectivity index (χ2n) is 3.91. The molecular weight excluding hydrogens is 252 g/mol. The van der Waals surface area contributed by atoms with E-state index in [1.165, 1.54) is 12.1 Å². The van der Waals surface area contributed by atoms with E-state index in [1.54, 1.807) is 26.2 Å². The summed E-state index contributed by atoms with van der Waals surface area (Å²) < 4.78 is 31.6. The Bertz CT molecular complexity index is 534. The molecule has 1 N–H and O–H groups in total. The molecule has 0 aliphatic heterocycles. The molecule has 0 heterocycles. The van der Waals surface area contributed by atoms with Gasteiger partial charge in [0.15, 0.2) is 0 Å². The van der Waals surface area contributed by atoms with Crippen LogP contribution in [0.3, 0.4) is 0 Å². The van der Waals surface area contributed by atoms with Crippen LogP contribution >= 0.6 is 0 Å². The molecule has 1 rings (SSSR count). The van der Waals surface area contributed by atoms with E-state index in [-0.39, 0.29) is 16.5 Å². The number of sulfonamides is 1. The highest BCUT2D eigenvalue weighted by molar-refractivity contribution is 7.89. The van der Waals surface area contributed by atoms with Gasteiger partial charge in [0.25, 0.3) is 0 Å². The molecule has 0 fully saturated rings. The lowest BCUT2D eigenvalue weighted by molar-refractivity contribution is 0.188. The number of rotatable bonds is 6. The summed E-state index contributed by atoms with van der Waals surface area (Å²) in [6, 6.07) is 7.75. The molecule has 0 spiro atoms. The molecular formula is C12H16N2O3S. The zero-order valence-corrected chi connectivity index (χ0v) is 11.2. The first-order valence-electron chi connectivity index (χ1n) is 5.51. The van der Waals surface area contributed by atoms with Crippen molar-refractivity contribution in [2.45, 2.75) is 24.3 Å². The molecule has 0 amide bonds. The molecule has 98 valence electrons. The van der Waals surface area contributed by atoms with Crippen molar-refractivity contribution in [2.75, 3.05) is 13.7 Å². The minimum absolute atomic E-state index is 0.0109. The summed E-state index contributed by atoms with van der Waals surface area (Å²) in [5, 5.41) is 8.90. The fraction of sp³-hybridized carbons (Fsp3) is 0.417. The molecule has 1 aromatic carbocycles. The molecule has 0 aliphatic rings.